The van der Waals surface area contributed by atoms with Crippen molar-refractivity contribution in [2.45, 2.75) is 301 Å². The van der Waals surface area contributed by atoms with Crippen LogP contribution in [0.5, 0.6) is 0 Å². The van der Waals surface area contributed by atoms with Gasteiger partial charge in [-0.1, -0.05) is 25.1 Å². The average molecular weight is 1420 g/mol. The lowest BCUT2D eigenvalue weighted by Crippen LogP contribution is -2.37. The number of amides is 3. The summed E-state index contributed by atoms with van der Waals surface area (Å²) in [7, 11) is 0. The van der Waals surface area contributed by atoms with Crippen molar-refractivity contribution in [2.75, 3.05) is 27.9 Å². The van der Waals surface area contributed by atoms with Crippen LogP contribution in [-0.2, 0) is 44.6 Å². The lowest BCUT2D eigenvalue weighted by molar-refractivity contribution is -0.131. The lowest BCUT2D eigenvalue weighted by atomic mass is 9.93. The summed E-state index contributed by atoms with van der Waals surface area (Å²) in [6.45, 7) is 26.1. The molecule has 24 nitrogen and oxygen atoms in total. The van der Waals surface area contributed by atoms with Gasteiger partial charge in [0.15, 0.2) is 22.6 Å². The molecule has 8 aromatic rings. The number of halogens is 1. The van der Waals surface area contributed by atoms with E-state index < -0.39 is 0 Å². The van der Waals surface area contributed by atoms with Crippen LogP contribution in [0, 0.1) is 20.8 Å². The largest absolute Gasteiger partial charge is 0.375 e. The van der Waals surface area contributed by atoms with Gasteiger partial charge in [-0.15, -0.1) is 0 Å². The Bertz CT molecular complexity index is 4330. The number of aryl methyl sites for hydroxylation is 4. The van der Waals surface area contributed by atoms with Crippen LogP contribution >= 0.6 is 11.6 Å². The van der Waals surface area contributed by atoms with Crippen LogP contribution in [-0.4, -0.2) is 136 Å². The maximum atomic E-state index is 12.7. The van der Waals surface area contributed by atoms with E-state index in [-0.39, 0.29) is 65.0 Å². The third kappa shape index (κ3) is 17.5. The highest BCUT2D eigenvalue weighted by atomic mass is 35.5. The quantitative estimate of drug-likeness (QED) is 0.0517. The summed E-state index contributed by atoms with van der Waals surface area (Å²) in [6, 6.07) is 16.7. The molecule has 1 unspecified atom stereocenters. The summed E-state index contributed by atoms with van der Waals surface area (Å²) in [4.78, 5) is 74.4. The minimum absolute atomic E-state index is 0.00846. The molecule has 4 N–H and O–H groups in total. The number of hydrogen-bond acceptors (Lipinski definition) is 17. The van der Waals surface area contributed by atoms with Gasteiger partial charge in [-0.05, 0) is 233 Å². The van der Waals surface area contributed by atoms with Crippen molar-refractivity contribution >= 4 is 97.8 Å². The number of rotatable bonds is 20. The average Bonchev–Trinajstić information content (AvgIpc) is 1.63. The third-order valence-corrected chi connectivity index (χ3v) is 21.5. The summed E-state index contributed by atoms with van der Waals surface area (Å²) < 4.78 is 38.2. The zero-order valence-electron chi connectivity index (χ0n) is 61.4. The van der Waals surface area contributed by atoms with Crippen molar-refractivity contribution in [3.63, 3.8) is 0 Å². The molecule has 102 heavy (non-hydrogen) atoms. The molecular formula is C77H105ClN16O8. The number of hydrogen-bond donors (Lipinski definition) is 4. The van der Waals surface area contributed by atoms with Crippen LogP contribution in [0.15, 0.2) is 60.8 Å². The number of carbonyl (C=O) groups excluding carboxylic acids is 3. The van der Waals surface area contributed by atoms with Gasteiger partial charge in [0.25, 0.3) is 0 Å². The number of ether oxygens (including phenoxy) is 5. The van der Waals surface area contributed by atoms with E-state index in [4.69, 9.17) is 45.3 Å². The van der Waals surface area contributed by atoms with E-state index in [9.17, 15) is 14.4 Å². The zero-order valence-corrected chi connectivity index (χ0v) is 62.2. The minimum Gasteiger partial charge on any atom is -0.375 e. The first-order valence-corrected chi connectivity index (χ1v) is 38.0. The minimum atomic E-state index is -0.138. The molecule has 8 aliphatic rings. The summed E-state index contributed by atoms with van der Waals surface area (Å²) in [5.41, 5.74) is 10.4. The monoisotopic (exact) mass is 1420 g/mol. The molecule has 8 aromatic heterocycles. The van der Waals surface area contributed by atoms with Crippen molar-refractivity contribution in [3.05, 3.63) is 83.0 Å². The highest BCUT2D eigenvalue weighted by Crippen LogP contribution is 2.42. The van der Waals surface area contributed by atoms with Gasteiger partial charge in [0, 0.05) is 60.3 Å². The first-order chi connectivity index (χ1) is 48.9. The van der Waals surface area contributed by atoms with Crippen molar-refractivity contribution < 1.29 is 38.1 Å². The van der Waals surface area contributed by atoms with Gasteiger partial charge in [-0.2, -0.15) is 0 Å². The van der Waals surface area contributed by atoms with Crippen LogP contribution in [0.4, 0.5) is 23.8 Å². The first-order valence-electron chi connectivity index (χ1n) is 37.6. The summed E-state index contributed by atoms with van der Waals surface area (Å²) in [5.74, 6) is 2.45. The van der Waals surface area contributed by atoms with Crippen molar-refractivity contribution in [1.29, 1.82) is 0 Å². The topological polar surface area (TPSA) is 268 Å². The fraction of sp³-hybridized carbons (Fsp3) is 0.623. The van der Waals surface area contributed by atoms with Gasteiger partial charge < -0.3 is 29.0 Å². The number of carbonyl (C=O) groups is 3. The SMILES string of the molecule is C=C(C[C@H]1CCC(C)(C)O1)Nc1nc2ccc(C)nc2n1C1CCC1.CCCn1c(NC(=O)CC2CCC(C)(C)O2)nc2ccc(Cl)nc21.Cc1ccc2nc(NC(=O)CCO[C@@H]3C[C@@H]4CC[C@H]3O4)n(C3CCC3)c2n1.Cc1ccc2nc(NC(=O)C[C@@H]3CCCC(C)(C)O3)n(C3CCC3)c2n1. The molecule has 8 fully saturated rings. The van der Waals surface area contributed by atoms with E-state index in [1.54, 1.807) is 6.07 Å². The van der Waals surface area contributed by atoms with E-state index in [1.165, 1.54) is 32.1 Å². The molecule has 0 radical (unpaired) electrons. The fourth-order valence-corrected chi connectivity index (χ4v) is 15.5. The predicted molar refractivity (Wildman–Crippen MR) is 397 cm³/mol. The lowest BCUT2D eigenvalue weighted by Gasteiger charge is -2.35. The highest BCUT2D eigenvalue weighted by Gasteiger charge is 2.42. The predicted octanol–water partition coefficient (Wildman–Crippen LogP) is 15.8. The van der Waals surface area contributed by atoms with Crippen LogP contribution in [0.1, 0.15) is 238 Å². The number of anilines is 4. The number of fused-ring (bicyclic) bond motifs is 6. The third-order valence-electron chi connectivity index (χ3n) is 21.3. The molecule has 5 aliphatic heterocycles. The van der Waals surface area contributed by atoms with Gasteiger partial charge in [0.1, 0.15) is 27.2 Å². The number of imidazole rings is 4. The standard InChI is InChI=1S/C20H26N4O3.C20H28N4O2.C20H28N4O.C17H23ClN4O2/c1-12-5-7-15-19(21-12)24(13-3-2-4-13)20(22-15)23-18(25)9-10-26-17-11-14-6-8-16(17)27-14;1-13-9-10-16-18(21-13)24(14-6-4-7-14)19(22-16)23-17(25)12-15-8-5-11-20(2,3)26-15;1-13-8-9-17-18(21-13)24(15-6-5-7-15)19(23-17)22-14(2)12-16-10-11-20(3,4)25-16;1-4-9-22-15-12(5-6-13(18)20-15)19-16(22)21-14(23)10-11-7-8-17(2,3)24-11/h5,7,13-14,16-17H,2-4,6,8-11H2,1H3,(H,22,23,25);9-10,14-15H,4-8,11-12H2,1-3H3,(H,22,23,25);8-9,15-16H,2,5-7,10-12H2,1,3-4H3,(H,22,23);5-6,11H,4,7-10H2,1-3H3,(H,19,21,23)/t14-,16+,17+;15-;16-;/m001./s1. The molecule has 16 rings (SSSR count). The maximum absolute atomic E-state index is 12.7. The highest BCUT2D eigenvalue weighted by molar-refractivity contribution is 6.29. The van der Waals surface area contributed by atoms with Crippen LogP contribution < -0.4 is 21.3 Å². The molecule has 548 valence electrons. The van der Waals surface area contributed by atoms with Crippen molar-refractivity contribution in [1.82, 2.24) is 58.1 Å². The Morgan fingerprint density at radius 1 is 0.510 bits per heavy atom. The fourth-order valence-electron chi connectivity index (χ4n) is 15.4. The molecule has 5 saturated heterocycles. The van der Waals surface area contributed by atoms with Gasteiger partial charge >= 0.3 is 0 Å². The van der Waals surface area contributed by atoms with Crippen LogP contribution in [0.25, 0.3) is 44.7 Å². The summed E-state index contributed by atoms with van der Waals surface area (Å²) >= 11 is 5.99. The number of aromatic nitrogens is 12. The van der Waals surface area contributed by atoms with E-state index in [0.717, 1.165) is 170 Å². The van der Waals surface area contributed by atoms with Crippen LogP contribution in [0.3, 0.4) is 0 Å². The van der Waals surface area contributed by atoms with E-state index in [2.05, 4.69) is 126 Å². The molecular weight excluding hydrogens is 1310 g/mol. The molecule has 6 atom stereocenters. The molecule has 3 aliphatic carbocycles. The molecule has 2 bridgehead atoms. The Balaban J connectivity index is 0.000000121. The molecule has 25 heteroatoms. The maximum Gasteiger partial charge on any atom is 0.229 e. The van der Waals surface area contributed by atoms with Gasteiger partial charge in [-0.25, -0.2) is 39.9 Å². The smallest absolute Gasteiger partial charge is 0.229 e. The Kier molecular flexibility index (Phi) is 22.2. The molecule has 3 amide bonds. The second-order valence-corrected chi connectivity index (χ2v) is 31.7. The van der Waals surface area contributed by atoms with E-state index in [1.807, 2.05) is 61.7 Å². The second-order valence-electron chi connectivity index (χ2n) is 31.3. The number of nitrogens with zero attached hydrogens (tertiary/aromatic N) is 12. The molecule has 0 aromatic carbocycles. The zero-order chi connectivity index (χ0) is 71.6. The normalized spacial score (nSPS) is 23.3. The summed E-state index contributed by atoms with van der Waals surface area (Å²) in [5, 5.41) is 12.8. The van der Waals surface area contributed by atoms with Gasteiger partial charge in [0.05, 0.1) is 79.3 Å². The second kappa shape index (κ2) is 31.1. The van der Waals surface area contributed by atoms with Crippen molar-refractivity contribution in [3.8, 4) is 0 Å². The Hall–Kier alpha value is -7.48. The molecule has 13 heterocycles. The van der Waals surface area contributed by atoms with E-state index in [0.29, 0.717) is 85.3 Å². The Labute approximate surface area is 603 Å². The number of nitrogens with one attached hydrogen (secondary N) is 4. The van der Waals surface area contributed by atoms with Crippen molar-refractivity contribution in [2.24, 2.45) is 0 Å². The van der Waals surface area contributed by atoms with E-state index >= 15 is 0 Å². The Morgan fingerprint density at radius 3 is 1.39 bits per heavy atom. The van der Waals surface area contributed by atoms with Gasteiger partial charge in [0.2, 0.25) is 41.5 Å². The number of pyridine rings is 4. The van der Waals surface area contributed by atoms with Crippen LogP contribution in [0.2, 0.25) is 5.15 Å². The molecule has 3 saturated carbocycles. The molecule has 0 spiro atoms. The Morgan fingerprint density at radius 2 is 0.951 bits per heavy atom. The van der Waals surface area contributed by atoms with Gasteiger partial charge in [-0.3, -0.25) is 48.6 Å². The summed E-state index contributed by atoms with van der Waals surface area (Å²) in [6.07, 6.45) is 24.7. The first kappa shape index (κ1) is 72.9.